The van der Waals surface area contributed by atoms with Gasteiger partial charge in [-0.05, 0) is 37.8 Å². The summed E-state index contributed by atoms with van der Waals surface area (Å²) in [5.74, 6) is 1.12. The van der Waals surface area contributed by atoms with Gasteiger partial charge in [0, 0.05) is 24.7 Å². The number of nitrogens with one attached hydrogen (secondary N) is 1. The van der Waals surface area contributed by atoms with Crippen LogP contribution < -0.4 is 5.32 Å². The zero-order valence-electron chi connectivity index (χ0n) is 13.6. The van der Waals surface area contributed by atoms with Crippen LogP contribution in [-0.4, -0.2) is 31.4 Å². The lowest BCUT2D eigenvalue weighted by molar-refractivity contribution is -0.118. The van der Waals surface area contributed by atoms with Crippen molar-refractivity contribution in [1.82, 2.24) is 5.32 Å². The van der Waals surface area contributed by atoms with E-state index in [1.165, 1.54) is 16.0 Å². The van der Waals surface area contributed by atoms with E-state index in [1.54, 1.807) is 11.8 Å². The number of carbonyl (C=O) groups excluding carboxylic acids is 1. The molecule has 1 rings (SSSR count). The molecule has 21 heavy (non-hydrogen) atoms. The summed E-state index contributed by atoms with van der Waals surface area (Å²) in [6.07, 6.45) is 0.868. The number of carbonyl (C=O) groups is 1. The first-order valence-corrected chi connectivity index (χ1v) is 8.52. The molecule has 0 radical (unpaired) electrons. The van der Waals surface area contributed by atoms with E-state index in [1.807, 2.05) is 0 Å². The van der Waals surface area contributed by atoms with Crippen LogP contribution >= 0.6 is 11.8 Å². The molecule has 0 saturated heterocycles. The molecule has 0 aliphatic carbocycles. The predicted octanol–water partition coefficient (Wildman–Crippen LogP) is 3.57. The smallest absolute Gasteiger partial charge is 0.230 e. The van der Waals surface area contributed by atoms with Crippen molar-refractivity contribution in [3.8, 4) is 0 Å². The number of hydrogen-bond donors (Lipinski definition) is 1. The standard InChI is InChI=1S/C17H27NO2S/c1-13(2)11-20-9-5-8-18-17(19)12-21-16-10-14(3)6-7-15(16)4/h6-7,10,13H,5,8-9,11-12H2,1-4H3,(H,18,19). The Bertz CT molecular complexity index is 446. The third-order valence-electron chi connectivity index (χ3n) is 2.94. The molecule has 1 aromatic carbocycles. The molecule has 4 heteroatoms. The topological polar surface area (TPSA) is 38.3 Å². The Morgan fingerprint density at radius 3 is 2.81 bits per heavy atom. The van der Waals surface area contributed by atoms with E-state index in [-0.39, 0.29) is 5.91 Å². The molecule has 1 N–H and O–H groups in total. The molecule has 3 nitrogen and oxygen atoms in total. The summed E-state index contributed by atoms with van der Waals surface area (Å²) in [4.78, 5) is 13.0. The van der Waals surface area contributed by atoms with Gasteiger partial charge in [-0.1, -0.05) is 31.5 Å². The first-order chi connectivity index (χ1) is 9.99. The molecule has 118 valence electrons. The Kier molecular flexibility index (Phi) is 8.47. The molecule has 1 amide bonds. The second-order valence-electron chi connectivity index (χ2n) is 5.73. The fourth-order valence-corrected chi connectivity index (χ4v) is 2.73. The van der Waals surface area contributed by atoms with Gasteiger partial charge in [-0.15, -0.1) is 11.8 Å². The predicted molar refractivity (Wildman–Crippen MR) is 89.9 cm³/mol. The Morgan fingerprint density at radius 2 is 2.10 bits per heavy atom. The molecule has 0 aliphatic rings. The number of thioether (sulfide) groups is 1. The van der Waals surface area contributed by atoms with Crippen LogP contribution in [0.4, 0.5) is 0 Å². The molecular formula is C17H27NO2S. The van der Waals surface area contributed by atoms with Crippen molar-refractivity contribution < 1.29 is 9.53 Å². The van der Waals surface area contributed by atoms with Gasteiger partial charge in [0.1, 0.15) is 0 Å². The fourth-order valence-electron chi connectivity index (χ4n) is 1.78. The van der Waals surface area contributed by atoms with Crippen LogP contribution in [0.5, 0.6) is 0 Å². The molecule has 0 fully saturated rings. The molecule has 0 heterocycles. The third kappa shape index (κ3) is 8.12. The van der Waals surface area contributed by atoms with Crippen LogP contribution in [-0.2, 0) is 9.53 Å². The minimum Gasteiger partial charge on any atom is -0.381 e. The average molecular weight is 309 g/mol. The number of aryl methyl sites for hydroxylation is 2. The fraction of sp³-hybridized carbons (Fsp3) is 0.588. The highest BCUT2D eigenvalue weighted by atomic mass is 32.2. The zero-order valence-corrected chi connectivity index (χ0v) is 14.4. The van der Waals surface area contributed by atoms with E-state index in [0.717, 1.165) is 13.0 Å². The quantitative estimate of drug-likeness (QED) is 0.560. The van der Waals surface area contributed by atoms with Crippen LogP contribution in [0, 0.1) is 19.8 Å². The largest absolute Gasteiger partial charge is 0.381 e. The lowest BCUT2D eigenvalue weighted by Crippen LogP contribution is -2.27. The molecule has 0 spiro atoms. The molecule has 0 aliphatic heterocycles. The molecule has 0 saturated carbocycles. The molecular weight excluding hydrogens is 282 g/mol. The van der Waals surface area contributed by atoms with E-state index in [9.17, 15) is 4.79 Å². The van der Waals surface area contributed by atoms with Gasteiger partial charge in [0.15, 0.2) is 0 Å². The Balaban J connectivity index is 2.15. The first kappa shape index (κ1) is 18.1. The van der Waals surface area contributed by atoms with Crippen molar-refractivity contribution in [2.75, 3.05) is 25.5 Å². The summed E-state index contributed by atoms with van der Waals surface area (Å²) in [6.45, 7) is 10.6. The summed E-state index contributed by atoms with van der Waals surface area (Å²) < 4.78 is 5.48. The monoisotopic (exact) mass is 309 g/mol. The van der Waals surface area contributed by atoms with Crippen molar-refractivity contribution in [2.45, 2.75) is 39.0 Å². The Morgan fingerprint density at radius 1 is 1.33 bits per heavy atom. The van der Waals surface area contributed by atoms with Crippen molar-refractivity contribution in [2.24, 2.45) is 5.92 Å². The highest BCUT2D eigenvalue weighted by Crippen LogP contribution is 2.23. The highest BCUT2D eigenvalue weighted by Gasteiger charge is 2.05. The molecule has 0 unspecified atom stereocenters. The highest BCUT2D eigenvalue weighted by molar-refractivity contribution is 8.00. The Hall–Kier alpha value is -1.00. The zero-order chi connectivity index (χ0) is 15.7. The molecule has 0 aromatic heterocycles. The molecule has 0 bridgehead atoms. The summed E-state index contributed by atoms with van der Waals surface area (Å²) in [5, 5.41) is 2.94. The van der Waals surface area contributed by atoms with Crippen molar-refractivity contribution in [3.63, 3.8) is 0 Å². The normalized spacial score (nSPS) is 10.9. The van der Waals surface area contributed by atoms with Gasteiger partial charge in [-0.3, -0.25) is 4.79 Å². The SMILES string of the molecule is Cc1ccc(C)c(SCC(=O)NCCCOCC(C)C)c1. The maximum atomic E-state index is 11.8. The summed E-state index contributed by atoms with van der Waals surface area (Å²) in [6, 6.07) is 6.32. The van der Waals surface area contributed by atoms with Gasteiger partial charge >= 0.3 is 0 Å². The summed E-state index contributed by atoms with van der Waals surface area (Å²) in [7, 11) is 0. The molecule has 1 aromatic rings. The van der Waals surface area contributed by atoms with E-state index >= 15 is 0 Å². The van der Waals surface area contributed by atoms with E-state index in [2.05, 4.69) is 51.2 Å². The Labute approximate surface area is 132 Å². The second kappa shape index (κ2) is 9.85. The van der Waals surface area contributed by atoms with Crippen molar-refractivity contribution in [1.29, 1.82) is 0 Å². The van der Waals surface area contributed by atoms with Gasteiger partial charge < -0.3 is 10.1 Å². The first-order valence-electron chi connectivity index (χ1n) is 7.53. The lowest BCUT2D eigenvalue weighted by Gasteiger charge is -2.09. The van der Waals surface area contributed by atoms with Gasteiger partial charge in [-0.25, -0.2) is 0 Å². The number of amides is 1. The maximum absolute atomic E-state index is 11.8. The van der Waals surface area contributed by atoms with Gasteiger partial charge in [0.05, 0.1) is 5.75 Å². The van der Waals surface area contributed by atoms with E-state index in [4.69, 9.17) is 4.74 Å². The van der Waals surface area contributed by atoms with Crippen LogP contribution in [0.25, 0.3) is 0 Å². The summed E-state index contributed by atoms with van der Waals surface area (Å²) in [5.41, 5.74) is 2.45. The maximum Gasteiger partial charge on any atom is 0.230 e. The van der Waals surface area contributed by atoms with Gasteiger partial charge in [0.25, 0.3) is 0 Å². The second-order valence-corrected chi connectivity index (χ2v) is 6.75. The summed E-state index contributed by atoms with van der Waals surface area (Å²) >= 11 is 1.60. The number of rotatable bonds is 9. The lowest BCUT2D eigenvalue weighted by atomic mass is 10.2. The van der Waals surface area contributed by atoms with Crippen molar-refractivity contribution in [3.05, 3.63) is 29.3 Å². The van der Waals surface area contributed by atoms with Gasteiger partial charge in [0.2, 0.25) is 5.91 Å². The third-order valence-corrected chi connectivity index (χ3v) is 4.10. The minimum absolute atomic E-state index is 0.0877. The number of ether oxygens (including phenoxy) is 1. The van der Waals surface area contributed by atoms with Crippen molar-refractivity contribution >= 4 is 17.7 Å². The minimum atomic E-state index is 0.0877. The molecule has 0 atom stereocenters. The van der Waals surface area contributed by atoms with Crippen LogP contribution in [0.15, 0.2) is 23.1 Å². The van der Waals surface area contributed by atoms with Crippen LogP contribution in [0.3, 0.4) is 0 Å². The van der Waals surface area contributed by atoms with Gasteiger partial charge in [-0.2, -0.15) is 0 Å². The average Bonchev–Trinajstić information content (AvgIpc) is 2.43. The van der Waals surface area contributed by atoms with Crippen LogP contribution in [0.1, 0.15) is 31.4 Å². The van der Waals surface area contributed by atoms with E-state index in [0.29, 0.717) is 24.8 Å². The van der Waals surface area contributed by atoms with Crippen LogP contribution in [0.2, 0.25) is 0 Å². The number of benzene rings is 1. The number of hydrogen-bond acceptors (Lipinski definition) is 3. The van der Waals surface area contributed by atoms with E-state index < -0.39 is 0 Å².